The third kappa shape index (κ3) is 9.73. The van der Waals surface area contributed by atoms with Crippen LogP contribution in [-0.4, -0.2) is 38.7 Å². The maximum atomic E-state index is 6.29. The number of halogens is 4. The van der Waals surface area contributed by atoms with Crippen LogP contribution in [0, 0.1) is 0 Å². The highest BCUT2D eigenvalue weighted by Gasteiger charge is 2.14. The maximum Gasteiger partial charge on any atom is 0.175 e. The monoisotopic (exact) mass is 760 g/mol. The summed E-state index contributed by atoms with van der Waals surface area (Å²) in [5, 5.41) is 1.32. The zero-order valence-corrected chi connectivity index (χ0v) is 29.0. The van der Waals surface area contributed by atoms with E-state index in [0.717, 1.165) is 31.2 Å². The molecule has 0 aliphatic rings. The molecule has 0 saturated heterocycles. The zero-order chi connectivity index (χ0) is 31.3. The SMILES string of the molecule is CCOc1cc(C=NCCN=Cc2cc(Br)c(OCc3ccccc3Cl)c(OCC)c2)cc(Br)c1OCc1ccccc1Cl. The highest BCUT2D eigenvalue weighted by Crippen LogP contribution is 2.38. The summed E-state index contributed by atoms with van der Waals surface area (Å²) in [5.74, 6) is 2.49. The minimum atomic E-state index is 0.324. The fraction of sp³-hybridized carbons (Fsp3) is 0.235. The number of ether oxygens (including phenoxy) is 4. The first kappa shape index (κ1) is 33.8. The van der Waals surface area contributed by atoms with Crippen molar-refractivity contribution in [3.05, 3.63) is 114 Å². The first-order valence-electron chi connectivity index (χ1n) is 14.0. The van der Waals surface area contributed by atoms with Crippen LogP contribution < -0.4 is 18.9 Å². The molecule has 0 aliphatic heterocycles. The molecule has 0 unspecified atom stereocenters. The van der Waals surface area contributed by atoms with Gasteiger partial charge >= 0.3 is 0 Å². The van der Waals surface area contributed by atoms with Crippen LogP contribution in [0.2, 0.25) is 10.0 Å². The second-order valence-electron chi connectivity index (χ2n) is 9.36. The summed E-state index contributed by atoms with van der Waals surface area (Å²) >= 11 is 19.8. The molecule has 0 saturated carbocycles. The molecule has 0 fully saturated rings. The molecule has 0 aromatic heterocycles. The molecule has 0 atom stereocenters. The van der Waals surface area contributed by atoms with Crippen LogP contribution in [0.15, 0.2) is 91.7 Å². The van der Waals surface area contributed by atoms with Gasteiger partial charge in [-0.3, -0.25) is 9.98 Å². The lowest BCUT2D eigenvalue weighted by Crippen LogP contribution is -2.02. The second-order valence-corrected chi connectivity index (χ2v) is 11.9. The van der Waals surface area contributed by atoms with Crippen molar-refractivity contribution in [1.29, 1.82) is 0 Å². The fourth-order valence-electron chi connectivity index (χ4n) is 4.12. The van der Waals surface area contributed by atoms with E-state index in [1.165, 1.54) is 0 Å². The summed E-state index contributed by atoms with van der Waals surface area (Å²) in [6.07, 6.45) is 3.60. The molecule has 10 heteroatoms. The molecule has 0 spiro atoms. The molecule has 6 nitrogen and oxygen atoms in total. The van der Waals surface area contributed by atoms with Gasteiger partial charge in [0.2, 0.25) is 0 Å². The van der Waals surface area contributed by atoms with Gasteiger partial charge in [0, 0.05) is 33.6 Å². The molecule has 0 amide bonds. The van der Waals surface area contributed by atoms with Gasteiger partial charge in [0.25, 0.3) is 0 Å². The van der Waals surface area contributed by atoms with E-state index in [1.807, 2.05) is 86.6 Å². The van der Waals surface area contributed by atoms with E-state index in [9.17, 15) is 0 Å². The molecule has 44 heavy (non-hydrogen) atoms. The van der Waals surface area contributed by atoms with Gasteiger partial charge in [-0.1, -0.05) is 59.6 Å². The Bertz CT molecular complexity index is 1500. The van der Waals surface area contributed by atoms with E-state index in [4.69, 9.17) is 42.1 Å². The summed E-state index contributed by atoms with van der Waals surface area (Å²) in [6.45, 7) is 6.54. The third-order valence-electron chi connectivity index (χ3n) is 6.16. The summed E-state index contributed by atoms with van der Waals surface area (Å²) in [6, 6.07) is 22.9. The Labute approximate surface area is 285 Å². The van der Waals surface area contributed by atoms with Crippen LogP contribution in [0.5, 0.6) is 23.0 Å². The van der Waals surface area contributed by atoms with Crippen LogP contribution in [0.4, 0.5) is 0 Å². The lowest BCUT2D eigenvalue weighted by Gasteiger charge is -2.15. The summed E-state index contributed by atoms with van der Waals surface area (Å²) < 4.78 is 25.4. The number of benzene rings is 4. The summed E-state index contributed by atoms with van der Waals surface area (Å²) in [5.41, 5.74) is 3.56. The number of hydrogen-bond donors (Lipinski definition) is 0. The first-order valence-corrected chi connectivity index (χ1v) is 16.4. The van der Waals surface area contributed by atoms with Crippen LogP contribution in [0.3, 0.4) is 0 Å². The van der Waals surface area contributed by atoms with Crippen molar-refractivity contribution in [1.82, 2.24) is 0 Å². The molecule has 0 aliphatic carbocycles. The third-order valence-corrected chi connectivity index (χ3v) is 8.08. The Morgan fingerprint density at radius 3 is 1.41 bits per heavy atom. The normalized spacial score (nSPS) is 11.3. The number of hydrogen-bond acceptors (Lipinski definition) is 6. The molecule has 0 N–H and O–H groups in total. The van der Waals surface area contributed by atoms with Crippen LogP contribution in [-0.2, 0) is 13.2 Å². The molecule has 0 heterocycles. The van der Waals surface area contributed by atoms with Crippen molar-refractivity contribution >= 4 is 67.5 Å². The quantitative estimate of drug-likeness (QED) is 0.0894. The van der Waals surface area contributed by atoms with E-state index < -0.39 is 0 Å². The molecular formula is C34H32Br2Cl2N2O4. The van der Waals surface area contributed by atoms with Gasteiger partial charge in [-0.2, -0.15) is 0 Å². The smallest absolute Gasteiger partial charge is 0.175 e. The average Bonchev–Trinajstić information content (AvgIpc) is 3.00. The molecule has 4 aromatic carbocycles. The van der Waals surface area contributed by atoms with Gasteiger partial charge in [0.05, 0.1) is 35.2 Å². The first-order chi connectivity index (χ1) is 21.4. The summed E-state index contributed by atoms with van der Waals surface area (Å²) in [7, 11) is 0. The molecule has 4 aromatic rings. The second kappa shape index (κ2) is 17.4. The van der Waals surface area contributed by atoms with Gasteiger partial charge in [0.1, 0.15) is 13.2 Å². The van der Waals surface area contributed by atoms with E-state index in [0.29, 0.717) is 72.6 Å². The Hall–Kier alpha value is -3.04. The van der Waals surface area contributed by atoms with Crippen molar-refractivity contribution in [2.45, 2.75) is 27.1 Å². The molecular weight excluding hydrogens is 731 g/mol. The number of nitrogens with zero attached hydrogens (tertiary/aromatic N) is 2. The molecule has 230 valence electrons. The maximum absolute atomic E-state index is 6.29. The lowest BCUT2D eigenvalue weighted by molar-refractivity contribution is 0.267. The number of rotatable bonds is 15. The van der Waals surface area contributed by atoms with Crippen molar-refractivity contribution in [3.8, 4) is 23.0 Å². The largest absolute Gasteiger partial charge is 0.490 e. The lowest BCUT2D eigenvalue weighted by atomic mass is 10.2. The van der Waals surface area contributed by atoms with Crippen molar-refractivity contribution in [3.63, 3.8) is 0 Å². The Morgan fingerprint density at radius 1 is 0.614 bits per heavy atom. The van der Waals surface area contributed by atoms with Crippen LogP contribution in [0.1, 0.15) is 36.1 Å². The zero-order valence-electron chi connectivity index (χ0n) is 24.4. The van der Waals surface area contributed by atoms with Crippen molar-refractivity contribution < 1.29 is 18.9 Å². The van der Waals surface area contributed by atoms with Crippen LogP contribution >= 0.6 is 55.1 Å². The van der Waals surface area contributed by atoms with Gasteiger partial charge < -0.3 is 18.9 Å². The Balaban J connectivity index is 1.36. The van der Waals surface area contributed by atoms with Gasteiger partial charge in [-0.25, -0.2) is 0 Å². The average molecular weight is 763 g/mol. The molecule has 4 rings (SSSR count). The van der Waals surface area contributed by atoms with Gasteiger partial charge in [0.15, 0.2) is 23.0 Å². The fourth-order valence-corrected chi connectivity index (χ4v) is 5.65. The van der Waals surface area contributed by atoms with Crippen molar-refractivity contribution in [2.24, 2.45) is 9.98 Å². The topological polar surface area (TPSA) is 61.6 Å². The molecule has 0 bridgehead atoms. The highest BCUT2D eigenvalue weighted by atomic mass is 79.9. The summed E-state index contributed by atoms with van der Waals surface area (Å²) in [4.78, 5) is 9.10. The standard InChI is InChI=1S/C34H32Br2Cl2N2O4/c1-3-41-31-17-23(15-27(35)33(31)43-21-25-9-5-7-11-29(25)37)19-39-13-14-40-20-24-16-28(36)34(32(18-24)42-4-2)44-22-26-10-6-8-12-30(26)38/h5-12,15-20H,3-4,13-14,21-22H2,1-2H3. The van der Waals surface area contributed by atoms with Crippen molar-refractivity contribution in [2.75, 3.05) is 26.3 Å². The number of aliphatic imine (C=N–C) groups is 2. The van der Waals surface area contributed by atoms with Crippen LogP contribution in [0.25, 0.3) is 0 Å². The van der Waals surface area contributed by atoms with E-state index >= 15 is 0 Å². The predicted octanol–water partition coefficient (Wildman–Crippen LogP) is 10.0. The highest BCUT2D eigenvalue weighted by molar-refractivity contribution is 9.11. The van der Waals surface area contributed by atoms with Gasteiger partial charge in [-0.05, 0) is 93.2 Å². The van der Waals surface area contributed by atoms with E-state index in [2.05, 4.69) is 41.8 Å². The molecule has 0 radical (unpaired) electrons. The Kier molecular flexibility index (Phi) is 13.4. The van der Waals surface area contributed by atoms with Gasteiger partial charge in [-0.15, -0.1) is 0 Å². The van der Waals surface area contributed by atoms with E-state index in [-0.39, 0.29) is 0 Å². The Morgan fingerprint density at radius 2 is 1.02 bits per heavy atom. The predicted molar refractivity (Wildman–Crippen MR) is 187 cm³/mol. The minimum Gasteiger partial charge on any atom is -0.490 e. The van der Waals surface area contributed by atoms with E-state index in [1.54, 1.807) is 12.4 Å². The minimum absolute atomic E-state index is 0.324.